The summed E-state index contributed by atoms with van der Waals surface area (Å²) in [5.74, 6) is 0.496. The van der Waals surface area contributed by atoms with Crippen LogP contribution in [0.5, 0.6) is 0 Å². The smallest absolute Gasteiger partial charge is 0.229 e. The van der Waals surface area contributed by atoms with Crippen molar-refractivity contribution in [3.63, 3.8) is 0 Å². The zero-order chi connectivity index (χ0) is 17.7. The van der Waals surface area contributed by atoms with Crippen LogP contribution >= 0.6 is 0 Å². The average Bonchev–Trinajstić information content (AvgIpc) is 3.11. The van der Waals surface area contributed by atoms with Gasteiger partial charge < -0.3 is 15.0 Å². The topological polar surface area (TPSA) is 102 Å². The second-order valence-corrected chi connectivity index (χ2v) is 5.96. The molecular formula is C17H21N5O2. The Labute approximate surface area is 141 Å². The molecule has 1 aromatic rings. The van der Waals surface area contributed by atoms with Gasteiger partial charge in [0.15, 0.2) is 0 Å². The molecule has 0 fully saturated rings. The lowest BCUT2D eigenvalue weighted by Gasteiger charge is -2.30. The quantitative estimate of drug-likeness (QED) is 0.607. The van der Waals surface area contributed by atoms with Gasteiger partial charge in [-0.3, -0.25) is 15.2 Å². The third-order valence-electron chi connectivity index (χ3n) is 4.28. The number of hydrogen-bond acceptors (Lipinski definition) is 6. The maximum atomic E-state index is 12.1. The third-order valence-corrected chi connectivity index (χ3v) is 4.28. The Morgan fingerprint density at radius 2 is 2.42 bits per heavy atom. The first-order valence-electron chi connectivity index (χ1n) is 7.59. The van der Waals surface area contributed by atoms with E-state index >= 15 is 0 Å². The van der Waals surface area contributed by atoms with Gasteiger partial charge >= 0.3 is 0 Å². The van der Waals surface area contributed by atoms with Crippen molar-refractivity contribution in [2.24, 2.45) is 0 Å². The lowest BCUT2D eigenvalue weighted by Crippen LogP contribution is -2.46. The zero-order valence-corrected chi connectivity index (χ0v) is 14.0. The molecule has 0 bridgehead atoms. The van der Waals surface area contributed by atoms with Crippen LogP contribution in [0.1, 0.15) is 30.4 Å². The largest absolute Gasteiger partial charge is 0.495 e. The minimum Gasteiger partial charge on any atom is -0.495 e. The van der Waals surface area contributed by atoms with E-state index in [1.54, 1.807) is 26.4 Å². The van der Waals surface area contributed by atoms with Crippen molar-refractivity contribution in [1.82, 2.24) is 15.2 Å². The molecule has 1 amide bonds. The molecule has 0 saturated carbocycles. The maximum absolute atomic E-state index is 12.1. The van der Waals surface area contributed by atoms with Crippen LogP contribution in [0.4, 0.5) is 0 Å². The Balaban J connectivity index is 2.22. The molecule has 1 unspecified atom stereocenters. The molecule has 2 heterocycles. The van der Waals surface area contributed by atoms with E-state index in [4.69, 9.17) is 15.4 Å². The van der Waals surface area contributed by atoms with Gasteiger partial charge in [0.1, 0.15) is 11.8 Å². The first-order chi connectivity index (χ1) is 11.4. The predicted octanol–water partition coefficient (Wildman–Crippen LogP) is 1.38. The number of rotatable bonds is 6. The van der Waals surface area contributed by atoms with Crippen molar-refractivity contribution in [2.45, 2.75) is 24.8 Å². The Morgan fingerprint density at radius 1 is 1.67 bits per heavy atom. The lowest BCUT2D eigenvalue weighted by molar-refractivity contribution is -0.127. The highest BCUT2D eigenvalue weighted by Crippen LogP contribution is 2.33. The van der Waals surface area contributed by atoms with Gasteiger partial charge in [0.05, 0.1) is 30.5 Å². The molecule has 0 aliphatic carbocycles. The second kappa shape index (κ2) is 7.23. The Kier molecular flexibility index (Phi) is 5.31. The standard InChI is InChI=1S/C17H21N5O2/c1-17(20-2,6-16(23)22(3)11-19)15-5-14(10-24-15)13-4-12(7-18)8-21-9-13/h4-5,8-9,11,14,19-20H,6,10H2,1-3H3/t14?,17-/m0/s1. The molecule has 2 rings (SSSR count). The molecule has 7 heteroatoms. The summed E-state index contributed by atoms with van der Waals surface area (Å²) in [7, 11) is 3.32. The number of amides is 1. The lowest BCUT2D eigenvalue weighted by atomic mass is 9.92. The van der Waals surface area contributed by atoms with E-state index in [0.717, 1.165) is 11.9 Å². The summed E-state index contributed by atoms with van der Waals surface area (Å²) < 4.78 is 5.82. The van der Waals surface area contributed by atoms with Gasteiger partial charge in [-0.25, -0.2) is 0 Å². The van der Waals surface area contributed by atoms with E-state index in [9.17, 15) is 4.79 Å². The number of hydrogen-bond donors (Lipinski definition) is 2. The summed E-state index contributed by atoms with van der Waals surface area (Å²) in [5, 5.41) is 19.3. The van der Waals surface area contributed by atoms with Gasteiger partial charge in [-0.05, 0) is 31.7 Å². The highest BCUT2D eigenvalue weighted by Gasteiger charge is 2.36. The van der Waals surface area contributed by atoms with Crippen molar-refractivity contribution in [3.05, 3.63) is 41.4 Å². The molecule has 7 nitrogen and oxygen atoms in total. The summed E-state index contributed by atoms with van der Waals surface area (Å²) in [6, 6.07) is 3.88. The average molecular weight is 327 g/mol. The number of carbonyl (C=O) groups is 1. The van der Waals surface area contributed by atoms with E-state index in [1.807, 2.05) is 13.0 Å². The van der Waals surface area contributed by atoms with E-state index in [0.29, 0.717) is 17.9 Å². The molecule has 0 radical (unpaired) electrons. The Bertz CT molecular complexity index is 709. The molecular weight excluding hydrogens is 306 g/mol. The van der Waals surface area contributed by atoms with Gasteiger partial charge in [-0.15, -0.1) is 0 Å². The van der Waals surface area contributed by atoms with Crippen LogP contribution in [0.2, 0.25) is 0 Å². The SMILES string of the molecule is CN[C@@](C)(CC(=O)N(C)C=N)C1=CC(c2cncc(C#N)c2)CO1. The number of likely N-dealkylation sites (N-methyl/N-ethyl adjacent to an activating group) is 1. The monoisotopic (exact) mass is 327 g/mol. The maximum Gasteiger partial charge on any atom is 0.229 e. The van der Waals surface area contributed by atoms with Crippen molar-refractivity contribution in [2.75, 3.05) is 20.7 Å². The van der Waals surface area contributed by atoms with Crippen LogP contribution in [0, 0.1) is 16.7 Å². The number of carbonyl (C=O) groups excluding carboxylic acids is 1. The first-order valence-corrected chi connectivity index (χ1v) is 7.59. The van der Waals surface area contributed by atoms with Gasteiger partial charge in [0.25, 0.3) is 0 Å². The molecule has 2 atom stereocenters. The number of nitrogens with one attached hydrogen (secondary N) is 2. The summed E-state index contributed by atoms with van der Waals surface area (Å²) in [4.78, 5) is 17.5. The zero-order valence-electron chi connectivity index (χ0n) is 14.0. The van der Waals surface area contributed by atoms with Crippen molar-refractivity contribution >= 4 is 12.2 Å². The highest BCUT2D eigenvalue weighted by atomic mass is 16.5. The number of nitrogens with zero attached hydrogens (tertiary/aromatic N) is 3. The third kappa shape index (κ3) is 3.60. The molecule has 1 aliphatic heterocycles. The number of pyridine rings is 1. The molecule has 0 spiro atoms. The van der Waals surface area contributed by atoms with Crippen LogP contribution in [0.3, 0.4) is 0 Å². The molecule has 0 saturated heterocycles. The molecule has 1 aromatic heterocycles. The normalized spacial score (nSPS) is 18.8. The summed E-state index contributed by atoms with van der Waals surface area (Å²) in [6.07, 6.45) is 6.37. The van der Waals surface area contributed by atoms with Crippen LogP contribution in [-0.4, -0.2) is 48.4 Å². The highest BCUT2D eigenvalue weighted by molar-refractivity contribution is 5.87. The minimum atomic E-state index is -0.663. The van der Waals surface area contributed by atoms with Crippen molar-refractivity contribution in [1.29, 1.82) is 10.7 Å². The van der Waals surface area contributed by atoms with E-state index in [2.05, 4.69) is 16.4 Å². The van der Waals surface area contributed by atoms with Gasteiger partial charge in [-0.1, -0.05) is 0 Å². The molecule has 126 valence electrons. The molecule has 2 N–H and O–H groups in total. The molecule has 1 aliphatic rings. The minimum absolute atomic E-state index is 0.0101. The van der Waals surface area contributed by atoms with E-state index in [-0.39, 0.29) is 18.2 Å². The van der Waals surface area contributed by atoms with Crippen molar-refractivity contribution in [3.8, 4) is 6.07 Å². The Hall–Kier alpha value is -2.72. The van der Waals surface area contributed by atoms with Gasteiger partial charge in [-0.2, -0.15) is 5.26 Å². The number of nitriles is 1. The number of aromatic nitrogens is 1. The predicted molar refractivity (Wildman–Crippen MR) is 89.4 cm³/mol. The summed E-state index contributed by atoms with van der Waals surface area (Å²) in [6.45, 7) is 2.33. The number of ether oxygens (including phenoxy) is 1. The molecule has 0 aromatic carbocycles. The van der Waals surface area contributed by atoms with E-state index < -0.39 is 5.54 Å². The van der Waals surface area contributed by atoms with Gasteiger partial charge in [0, 0.05) is 25.4 Å². The van der Waals surface area contributed by atoms with Gasteiger partial charge in [0.2, 0.25) is 5.91 Å². The van der Waals surface area contributed by atoms with Crippen LogP contribution < -0.4 is 5.32 Å². The summed E-state index contributed by atoms with van der Waals surface area (Å²) in [5.41, 5.74) is 0.752. The van der Waals surface area contributed by atoms with Crippen LogP contribution in [0.25, 0.3) is 0 Å². The van der Waals surface area contributed by atoms with Crippen LogP contribution in [-0.2, 0) is 9.53 Å². The summed E-state index contributed by atoms with van der Waals surface area (Å²) >= 11 is 0. The second-order valence-electron chi connectivity index (χ2n) is 5.96. The van der Waals surface area contributed by atoms with Crippen molar-refractivity contribution < 1.29 is 9.53 Å². The van der Waals surface area contributed by atoms with Crippen LogP contribution in [0.15, 0.2) is 30.3 Å². The molecule has 24 heavy (non-hydrogen) atoms. The first kappa shape index (κ1) is 17.6. The fourth-order valence-electron chi connectivity index (χ4n) is 2.51. The Morgan fingerprint density at radius 3 is 3.04 bits per heavy atom. The fourth-order valence-corrected chi connectivity index (χ4v) is 2.51. The fraction of sp³-hybridized carbons (Fsp3) is 0.412. The van der Waals surface area contributed by atoms with E-state index in [1.165, 1.54) is 11.1 Å².